The zero-order chi connectivity index (χ0) is 20.6. The third-order valence-corrected chi connectivity index (χ3v) is 3.91. The van der Waals surface area contributed by atoms with Gasteiger partial charge in [0, 0.05) is 12.3 Å². The van der Waals surface area contributed by atoms with E-state index in [2.05, 4.69) is 15.4 Å². The molecule has 1 aromatic carbocycles. The molecule has 0 bridgehead atoms. The van der Waals surface area contributed by atoms with E-state index >= 15 is 0 Å². The molecule has 3 aromatic rings. The molecule has 0 spiro atoms. The first-order valence-corrected chi connectivity index (χ1v) is 8.85. The molecule has 8 heteroatoms. The number of aromatic nitrogens is 3. The van der Waals surface area contributed by atoms with Crippen LogP contribution in [0.15, 0.2) is 54.9 Å². The van der Waals surface area contributed by atoms with Crippen molar-refractivity contribution in [2.45, 2.75) is 6.92 Å². The Kier molecular flexibility index (Phi) is 6.22. The van der Waals surface area contributed by atoms with E-state index in [9.17, 15) is 10.1 Å². The normalized spacial score (nSPS) is 10.5. The van der Waals surface area contributed by atoms with Crippen molar-refractivity contribution in [3.63, 3.8) is 0 Å². The topological polar surface area (TPSA) is 102 Å². The fourth-order valence-electron chi connectivity index (χ4n) is 2.60. The van der Waals surface area contributed by atoms with Gasteiger partial charge in [-0.2, -0.15) is 15.0 Å². The van der Waals surface area contributed by atoms with Crippen molar-refractivity contribution in [2.75, 3.05) is 19.0 Å². The van der Waals surface area contributed by atoms with Crippen LogP contribution < -0.4 is 14.8 Å². The van der Waals surface area contributed by atoms with Crippen LogP contribution >= 0.6 is 0 Å². The van der Waals surface area contributed by atoms with Gasteiger partial charge in [-0.25, -0.2) is 4.98 Å². The molecule has 146 valence electrons. The molecule has 0 aliphatic heterocycles. The molecule has 2 heterocycles. The van der Waals surface area contributed by atoms with Gasteiger partial charge in [-0.15, -0.1) is 0 Å². The summed E-state index contributed by atoms with van der Waals surface area (Å²) in [7, 11) is 1.56. The summed E-state index contributed by atoms with van der Waals surface area (Å²) in [5.74, 6) is 1.55. The minimum absolute atomic E-state index is 0.236. The molecule has 1 amide bonds. The molecule has 2 aromatic heterocycles. The average Bonchev–Trinajstić information content (AvgIpc) is 3.16. The van der Waals surface area contributed by atoms with Crippen LogP contribution in [0.1, 0.15) is 18.1 Å². The van der Waals surface area contributed by atoms with Crippen LogP contribution in [0.5, 0.6) is 11.5 Å². The van der Waals surface area contributed by atoms with E-state index in [-0.39, 0.29) is 11.4 Å². The standard InChI is InChI=1S/C21H19N5O3/c1-3-29-17-9-7-15(12-18(17)28-2)8-10-20(27)25-21-16(13-22)14-24-26(21)19-6-4-5-11-23-19/h4-12,14H,3H2,1-2H3,(H,25,27)/b10-8+. The number of nitrogens with one attached hydrogen (secondary N) is 1. The van der Waals surface area contributed by atoms with Crippen LogP contribution in [0, 0.1) is 11.3 Å². The van der Waals surface area contributed by atoms with Gasteiger partial charge >= 0.3 is 0 Å². The third kappa shape index (κ3) is 4.59. The van der Waals surface area contributed by atoms with Crippen molar-refractivity contribution in [3.8, 4) is 23.4 Å². The number of benzene rings is 1. The quantitative estimate of drug-likeness (QED) is 0.623. The van der Waals surface area contributed by atoms with Gasteiger partial charge in [0.2, 0.25) is 5.91 Å². The maximum atomic E-state index is 12.4. The first-order chi connectivity index (χ1) is 14.2. The van der Waals surface area contributed by atoms with Crippen LogP contribution in [-0.2, 0) is 4.79 Å². The van der Waals surface area contributed by atoms with Crippen molar-refractivity contribution in [3.05, 3.63) is 66.0 Å². The molecule has 1 N–H and O–H groups in total. The van der Waals surface area contributed by atoms with E-state index in [1.165, 1.54) is 17.0 Å². The Morgan fingerprint density at radius 1 is 1.31 bits per heavy atom. The highest BCUT2D eigenvalue weighted by molar-refractivity contribution is 6.02. The molecule has 0 aliphatic carbocycles. The lowest BCUT2D eigenvalue weighted by Crippen LogP contribution is -2.13. The Hall–Kier alpha value is -4.12. The Morgan fingerprint density at radius 3 is 2.86 bits per heavy atom. The first kappa shape index (κ1) is 19.6. The molecule has 0 radical (unpaired) electrons. The number of methoxy groups -OCH3 is 1. The van der Waals surface area contributed by atoms with E-state index in [0.717, 1.165) is 5.56 Å². The summed E-state index contributed by atoms with van der Waals surface area (Å²) in [5, 5.41) is 16.1. The van der Waals surface area contributed by atoms with Crippen molar-refractivity contribution in [2.24, 2.45) is 0 Å². The number of nitriles is 1. The minimum Gasteiger partial charge on any atom is -0.493 e. The van der Waals surface area contributed by atoms with E-state index in [1.54, 1.807) is 49.7 Å². The zero-order valence-electron chi connectivity index (χ0n) is 16.0. The van der Waals surface area contributed by atoms with Crippen LogP contribution in [-0.4, -0.2) is 34.4 Å². The van der Waals surface area contributed by atoms with Gasteiger partial charge in [0.15, 0.2) is 23.1 Å². The van der Waals surface area contributed by atoms with Gasteiger partial charge in [-0.1, -0.05) is 12.1 Å². The number of nitrogens with zero attached hydrogens (tertiary/aromatic N) is 4. The molecule has 29 heavy (non-hydrogen) atoms. The average molecular weight is 389 g/mol. The predicted octanol–water partition coefficient (Wildman–Crippen LogP) is 3.20. The monoisotopic (exact) mass is 389 g/mol. The lowest BCUT2D eigenvalue weighted by atomic mass is 10.2. The maximum absolute atomic E-state index is 12.4. The molecule has 0 saturated carbocycles. The van der Waals surface area contributed by atoms with Gasteiger partial charge in [0.05, 0.1) is 19.9 Å². The number of anilines is 1. The Balaban J connectivity index is 1.80. The summed E-state index contributed by atoms with van der Waals surface area (Å²) < 4.78 is 12.2. The number of ether oxygens (including phenoxy) is 2. The van der Waals surface area contributed by atoms with Gasteiger partial charge in [0.1, 0.15) is 11.6 Å². The van der Waals surface area contributed by atoms with E-state index in [0.29, 0.717) is 23.9 Å². The maximum Gasteiger partial charge on any atom is 0.249 e. The fourth-order valence-corrected chi connectivity index (χ4v) is 2.60. The van der Waals surface area contributed by atoms with Crippen LogP contribution in [0.25, 0.3) is 11.9 Å². The minimum atomic E-state index is -0.410. The Bertz CT molecular complexity index is 1070. The highest BCUT2D eigenvalue weighted by Crippen LogP contribution is 2.28. The molecule has 0 atom stereocenters. The summed E-state index contributed by atoms with van der Waals surface area (Å²) >= 11 is 0. The van der Waals surface area contributed by atoms with E-state index in [1.807, 2.05) is 19.1 Å². The molecular formula is C21H19N5O3. The SMILES string of the molecule is CCOc1ccc(/C=C/C(=O)Nc2c(C#N)cnn2-c2ccccn2)cc1OC. The molecule has 0 fully saturated rings. The smallest absolute Gasteiger partial charge is 0.249 e. The molecule has 3 rings (SSSR count). The summed E-state index contributed by atoms with van der Waals surface area (Å²) in [6.07, 6.45) is 5.99. The molecule has 0 unspecified atom stereocenters. The van der Waals surface area contributed by atoms with Gasteiger partial charge in [-0.3, -0.25) is 4.79 Å². The van der Waals surface area contributed by atoms with E-state index in [4.69, 9.17) is 9.47 Å². The molecule has 8 nitrogen and oxygen atoms in total. The highest BCUT2D eigenvalue weighted by atomic mass is 16.5. The second-order valence-corrected chi connectivity index (χ2v) is 5.78. The third-order valence-electron chi connectivity index (χ3n) is 3.91. The number of rotatable bonds is 7. The number of pyridine rings is 1. The van der Waals surface area contributed by atoms with Crippen molar-refractivity contribution in [1.29, 1.82) is 5.26 Å². The number of hydrogen-bond donors (Lipinski definition) is 1. The summed E-state index contributed by atoms with van der Waals surface area (Å²) in [5.41, 5.74) is 0.999. The van der Waals surface area contributed by atoms with E-state index < -0.39 is 5.91 Å². The first-order valence-electron chi connectivity index (χ1n) is 8.85. The van der Waals surface area contributed by atoms with Crippen molar-refractivity contribution in [1.82, 2.24) is 14.8 Å². The summed E-state index contributed by atoms with van der Waals surface area (Å²) in [6, 6.07) is 12.7. The van der Waals surface area contributed by atoms with Crippen molar-refractivity contribution < 1.29 is 14.3 Å². The number of carbonyl (C=O) groups excluding carboxylic acids is 1. The number of carbonyl (C=O) groups is 1. The lowest BCUT2D eigenvalue weighted by Gasteiger charge is -2.09. The van der Waals surface area contributed by atoms with Crippen LogP contribution in [0.2, 0.25) is 0 Å². The molecule has 0 aliphatic rings. The number of hydrogen-bond acceptors (Lipinski definition) is 6. The van der Waals surface area contributed by atoms with Crippen molar-refractivity contribution >= 4 is 17.8 Å². The molecular weight excluding hydrogens is 370 g/mol. The fraction of sp³-hybridized carbons (Fsp3) is 0.143. The number of amides is 1. The highest BCUT2D eigenvalue weighted by Gasteiger charge is 2.14. The zero-order valence-corrected chi connectivity index (χ0v) is 16.0. The second-order valence-electron chi connectivity index (χ2n) is 5.78. The molecule has 0 saturated heterocycles. The largest absolute Gasteiger partial charge is 0.493 e. The van der Waals surface area contributed by atoms with Gasteiger partial charge in [-0.05, 0) is 42.8 Å². The Morgan fingerprint density at radius 2 is 2.17 bits per heavy atom. The predicted molar refractivity (Wildman–Crippen MR) is 108 cm³/mol. The lowest BCUT2D eigenvalue weighted by molar-refractivity contribution is -0.111. The summed E-state index contributed by atoms with van der Waals surface area (Å²) in [6.45, 7) is 2.42. The van der Waals surface area contributed by atoms with Gasteiger partial charge < -0.3 is 14.8 Å². The van der Waals surface area contributed by atoms with Crippen LogP contribution in [0.4, 0.5) is 5.82 Å². The van der Waals surface area contributed by atoms with Gasteiger partial charge in [0.25, 0.3) is 0 Å². The van der Waals surface area contributed by atoms with Crippen LogP contribution in [0.3, 0.4) is 0 Å². The summed E-state index contributed by atoms with van der Waals surface area (Å²) in [4.78, 5) is 16.6. The Labute approximate surface area is 168 Å². The second kappa shape index (κ2) is 9.19.